The highest BCUT2D eigenvalue weighted by Gasteiger charge is 2.12. The molecular formula is C10H16BrNOS. The van der Waals surface area contributed by atoms with Gasteiger partial charge in [-0.3, -0.25) is 0 Å². The van der Waals surface area contributed by atoms with E-state index in [1.807, 2.05) is 7.05 Å². The zero-order valence-corrected chi connectivity index (χ0v) is 11.0. The van der Waals surface area contributed by atoms with Crippen molar-refractivity contribution in [3.63, 3.8) is 0 Å². The van der Waals surface area contributed by atoms with E-state index in [0.29, 0.717) is 6.04 Å². The van der Waals surface area contributed by atoms with E-state index in [0.717, 1.165) is 19.4 Å². The van der Waals surface area contributed by atoms with Gasteiger partial charge in [-0.15, -0.1) is 0 Å². The predicted octanol–water partition coefficient (Wildman–Crippen LogP) is 3.20. The molecule has 80 valence electrons. The van der Waals surface area contributed by atoms with Crippen molar-refractivity contribution in [3.05, 3.63) is 20.8 Å². The van der Waals surface area contributed by atoms with Crippen molar-refractivity contribution in [2.75, 3.05) is 20.8 Å². The molecule has 14 heavy (non-hydrogen) atoms. The van der Waals surface area contributed by atoms with Crippen molar-refractivity contribution in [1.82, 2.24) is 5.32 Å². The van der Waals surface area contributed by atoms with Gasteiger partial charge < -0.3 is 10.1 Å². The fraction of sp³-hybridized carbons (Fsp3) is 0.600. The van der Waals surface area contributed by atoms with E-state index >= 15 is 0 Å². The summed E-state index contributed by atoms with van der Waals surface area (Å²) in [6.07, 6.45) is 2.20. The van der Waals surface area contributed by atoms with Crippen LogP contribution in [0, 0.1) is 0 Å². The third-order valence-corrected chi connectivity index (χ3v) is 3.96. The fourth-order valence-corrected chi connectivity index (χ4v) is 3.05. The molecule has 0 saturated carbocycles. The molecule has 1 unspecified atom stereocenters. The molecule has 0 aromatic carbocycles. The van der Waals surface area contributed by atoms with Gasteiger partial charge in [0.1, 0.15) is 0 Å². The Morgan fingerprint density at radius 1 is 1.57 bits per heavy atom. The number of rotatable bonds is 6. The SMILES string of the molecule is CNC(CCCOC)c1cscc1Br. The highest BCUT2D eigenvalue weighted by molar-refractivity contribution is 9.10. The van der Waals surface area contributed by atoms with Gasteiger partial charge in [-0.05, 0) is 46.8 Å². The molecule has 0 aliphatic rings. The minimum absolute atomic E-state index is 0.436. The van der Waals surface area contributed by atoms with Crippen molar-refractivity contribution >= 4 is 27.3 Å². The van der Waals surface area contributed by atoms with Crippen LogP contribution in [-0.4, -0.2) is 20.8 Å². The van der Waals surface area contributed by atoms with E-state index in [4.69, 9.17) is 4.74 Å². The van der Waals surface area contributed by atoms with Crippen molar-refractivity contribution in [2.24, 2.45) is 0 Å². The summed E-state index contributed by atoms with van der Waals surface area (Å²) < 4.78 is 6.26. The first-order valence-electron chi connectivity index (χ1n) is 4.67. The van der Waals surface area contributed by atoms with Gasteiger partial charge in [-0.2, -0.15) is 11.3 Å². The van der Waals surface area contributed by atoms with Crippen molar-refractivity contribution in [3.8, 4) is 0 Å². The zero-order chi connectivity index (χ0) is 10.4. The molecule has 2 nitrogen and oxygen atoms in total. The van der Waals surface area contributed by atoms with Crippen LogP contribution in [0.4, 0.5) is 0 Å². The molecule has 4 heteroatoms. The summed E-state index contributed by atoms with van der Waals surface area (Å²) in [6.45, 7) is 0.833. The summed E-state index contributed by atoms with van der Waals surface area (Å²) in [7, 11) is 3.75. The van der Waals surface area contributed by atoms with Gasteiger partial charge in [-0.1, -0.05) is 0 Å². The summed E-state index contributed by atoms with van der Waals surface area (Å²) in [5.74, 6) is 0. The van der Waals surface area contributed by atoms with Crippen molar-refractivity contribution in [2.45, 2.75) is 18.9 Å². The molecule has 1 atom stereocenters. The summed E-state index contributed by atoms with van der Waals surface area (Å²) in [5.41, 5.74) is 1.36. The molecule has 1 aromatic heterocycles. The quantitative estimate of drug-likeness (QED) is 0.807. The van der Waals surface area contributed by atoms with Gasteiger partial charge in [0.2, 0.25) is 0 Å². The summed E-state index contributed by atoms with van der Waals surface area (Å²) >= 11 is 5.29. The molecule has 1 rings (SSSR count). The van der Waals surface area contributed by atoms with Crippen molar-refractivity contribution < 1.29 is 4.74 Å². The van der Waals surface area contributed by atoms with Gasteiger partial charge in [0, 0.05) is 29.6 Å². The smallest absolute Gasteiger partial charge is 0.0462 e. The van der Waals surface area contributed by atoms with Crippen LogP contribution >= 0.6 is 27.3 Å². The minimum Gasteiger partial charge on any atom is -0.385 e. The molecule has 1 N–H and O–H groups in total. The first kappa shape index (κ1) is 12.2. The lowest BCUT2D eigenvalue weighted by Gasteiger charge is -2.15. The number of methoxy groups -OCH3 is 1. The van der Waals surface area contributed by atoms with Gasteiger partial charge >= 0.3 is 0 Å². The van der Waals surface area contributed by atoms with Crippen LogP contribution in [0.2, 0.25) is 0 Å². The molecule has 0 aliphatic carbocycles. The fourth-order valence-electron chi connectivity index (χ4n) is 1.43. The second kappa shape index (κ2) is 6.56. The summed E-state index contributed by atoms with van der Waals surface area (Å²) in [5, 5.41) is 7.64. The molecule has 0 radical (unpaired) electrons. The number of hydrogen-bond donors (Lipinski definition) is 1. The lowest BCUT2D eigenvalue weighted by Crippen LogP contribution is -2.16. The second-order valence-corrected chi connectivity index (χ2v) is 4.75. The molecule has 0 amide bonds. The number of nitrogens with one attached hydrogen (secondary N) is 1. The Hall–Kier alpha value is 0.100. The summed E-state index contributed by atoms with van der Waals surface area (Å²) in [6, 6.07) is 0.436. The molecule has 0 spiro atoms. The Balaban J connectivity index is 2.50. The maximum Gasteiger partial charge on any atom is 0.0462 e. The number of ether oxygens (including phenoxy) is 1. The number of halogens is 1. The standard InChI is InChI=1S/C10H16BrNOS/c1-12-10(4-3-5-13-2)8-6-14-7-9(8)11/h6-7,10,12H,3-5H2,1-2H3. The highest BCUT2D eigenvalue weighted by Crippen LogP contribution is 2.29. The van der Waals surface area contributed by atoms with Gasteiger partial charge in [0.15, 0.2) is 0 Å². The maximum absolute atomic E-state index is 5.05. The topological polar surface area (TPSA) is 21.3 Å². The molecular weight excluding hydrogens is 262 g/mol. The predicted molar refractivity (Wildman–Crippen MR) is 64.9 cm³/mol. The lowest BCUT2D eigenvalue weighted by atomic mass is 10.1. The van der Waals surface area contributed by atoms with Gasteiger partial charge in [-0.25, -0.2) is 0 Å². The van der Waals surface area contributed by atoms with E-state index in [2.05, 4.69) is 32.0 Å². The number of thiophene rings is 1. The normalized spacial score (nSPS) is 13.1. The van der Waals surface area contributed by atoms with E-state index < -0.39 is 0 Å². The third kappa shape index (κ3) is 3.35. The summed E-state index contributed by atoms with van der Waals surface area (Å²) in [4.78, 5) is 0. The molecule has 0 fully saturated rings. The van der Waals surface area contributed by atoms with Crippen LogP contribution in [0.3, 0.4) is 0 Å². The first-order valence-corrected chi connectivity index (χ1v) is 6.41. The van der Waals surface area contributed by atoms with E-state index in [9.17, 15) is 0 Å². The molecule has 1 aromatic rings. The second-order valence-electron chi connectivity index (χ2n) is 3.15. The van der Waals surface area contributed by atoms with Gasteiger partial charge in [0.25, 0.3) is 0 Å². The monoisotopic (exact) mass is 277 g/mol. The van der Waals surface area contributed by atoms with E-state index in [1.54, 1.807) is 18.4 Å². The largest absolute Gasteiger partial charge is 0.385 e. The molecule has 1 heterocycles. The van der Waals surface area contributed by atoms with Crippen LogP contribution in [0.15, 0.2) is 15.2 Å². The average Bonchev–Trinajstić information content (AvgIpc) is 2.60. The van der Waals surface area contributed by atoms with Crippen LogP contribution in [-0.2, 0) is 4.74 Å². The molecule has 0 saturated heterocycles. The Labute approximate surface area is 97.8 Å². The Bertz CT molecular complexity index is 264. The first-order chi connectivity index (χ1) is 6.79. The van der Waals surface area contributed by atoms with E-state index in [1.165, 1.54) is 10.0 Å². The Morgan fingerprint density at radius 3 is 2.86 bits per heavy atom. The lowest BCUT2D eigenvalue weighted by molar-refractivity contribution is 0.189. The zero-order valence-electron chi connectivity index (χ0n) is 8.55. The third-order valence-electron chi connectivity index (χ3n) is 2.21. The van der Waals surface area contributed by atoms with Crippen LogP contribution in [0.5, 0.6) is 0 Å². The Morgan fingerprint density at radius 2 is 2.36 bits per heavy atom. The van der Waals surface area contributed by atoms with Crippen LogP contribution in [0.1, 0.15) is 24.4 Å². The van der Waals surface area contributed by atoms with Crippen LogP contribution in [0.25, 0.3) is 0 Å². The minimum atomic E-state index is 0.436. The highest BCUT2D eigenvalue weighted by atomic mass is 79.9. The average molecular weight is 278 g/mol. The van der Waals surface area contributed by atoms with Crippen molar-refractivity contribution in [1.29, 1.82) is 0 Å². The van der Waals surface area contributed by atoms with E-state index in [-0.39, 0.29) is 0 Å². The Kier molecular flexibility index (Phi) is 5.70. The van der Waals surface area contributed by atoms with Crippen LogP contribution < -0.4 is 5.32 Å². The van der Waals surface area contributed by atoms with Gasteiger partial charge in [0.05, 0.1) is 0 Å². The number of hydrogen-bond acceptors (Lipinski definition) is 3. The molecule has 0 aliphatic heterocycles. The molecule has 0 bridgehead atoms. The maximum atomic E-state index is 5.05.